The zero-order chi connectivity index (χ0) is 71.1. The van der Waals surface area contributed by atoms with Crippen molar-refractivity contribution in [3.63, 3.8) is 0 Å². The summed E-state index contributed by atoms with van der Waals surface area (Å²) in [6, 6.07) is 106. The molecule has 8 nitrogen and oxygen atoms in total. The Morgan fingerprint density at radius 2 is 0.596 bits per heavy atom. The molecule has 1 saturated heterocycles. The van der Waals surface area contributed by atoms with Gasteiger partial charge >= 0.3 is 7.12 Å². The minimum Gasteiger partial charge on any atom is -0.399 e. The number of nitrogens with zero attached hydrogens (tertiary/aromatic N) is 6. The number of aromatic nitrogens is 6. The van der Waals surface area contributed by atoms with E-state index in [2.05, 4.69) is 235 Å². The molecule has 1 fully saturated rings. The second-order valence-corrected chi connectivity index (χ2v) is 30.2. The van der Waals surface area contributed by atoms with Crippen LogP contribution >= 0.6 is 15.9 Å². The topological polar surface area (TPSA) is 95.8 Å². The van der Waals surface area contributed by atoms with Crippen LogP contribution in [0.25, 0.3) is 145 Å². The Labute approximate surface area is 615 Å². The molecule has 14 aromatic carbocycles. The van der Waals surface area contributed by atoms with Crippen molar-refractivity contribution >= 4 is 71.6 Å². The van der Waals surface area contributed by atoms with E-state index in [9.17, 15) is 0 Å². The summed E-state index contributed by atoms with van der Waals surface area (Å²) in [7, 11) is -0.326. The van der Waals surface area contributed by atoms with E-state index in [4.69, 9.17) is 39.2 Å². The molecule has 16 aromatic rings. The highest BCUT2D eigenvalue weighted by Crippen LogP contribution is 2.52. The molecule has 104 heavy (non-hydrogen) atoms. The molecule has 0 spiro atoms. The van der Waals surface area contributed by atoms with Crippen LogP contribution in [0.4, 0.5) is 0 Å². The van der Waals surface area contributed by atoms with Crippen LogP contribution in [0.15, 0.2) is 308 Å². The van der Waals surface area contributed by atoms with Crippen LogP contribution in [0.2, 0.25) is 0 Å². The largest absolute Gasteiger partial charge is 0.494 e. The number of hydrogen-bond donors (Lipinski definition) is 0. The molecule has 3 aliphatic rings. The summed E-state index contributed by atoms with van der Waals surface area (Å²) in [5.74, 6) is 3.99. The lowest BCUT2D eigenvalue weighted by Crippen LogP contribution is -2.41. The highest BCUT2D eigenvalue weighted by Gasteiger charge is 2.52. The standard InChI is InChI=1S/C44H31N3.C25H27BO2.C25H16BrN3/c1-44(2)39-20-12-11-19-36(39)38-26-30-21-22-31(25-32(30)27-40(38)44)33-23-24-37(35-18-10-9-17-34(33)35)43-46-41(28-13-5-3-6-14-28)45-42(47-43)29-15-7-4-8-16-29;1-23(2)21-10-8-7-9-19(21)20-14-16-11-12-18(13-17(16)15-22(20)23)26-27-24(3,4)25(5,6)28-26;26-22-16-15-21(19-13-7-8-14-20(19)22)25-28-23(17-9-3-1-4-10-17)27-24(29-25)18-11-5-2-6-12-18/h3-27H,1-2H3;7-15H,1-6H3;1-16H. The third-order valence-corrected chi connectivity index (χ3v) is 22.3. The molecular formula is C94H74BBrN6O2. The smallest absolute Gasteiger partial charge is 0.399 e. The van der Waals surface area contributed by atoms with Crippen molar-refractivity contribution in [3.8, 4) is 102 Å². The van der Waals surface area contributed by atoms with Crippen LogP contribution in [0.5, 0.6) is 0 Å². The fraction of sp³-hybridized carbons (Fsp3) is 0.128. The average molecular weight is 1410 g/mol. The third kappa shape index (κ3) is 11.9. The Kier molecular flexibility index (Phi) is 16.6. The van der Waals surface area contributed by atoms with Crippen molar-refractivity contribution in [1.82, 2.24) is 29.9 Å². The summed E-state index contributed by atoms with van der Waals surface area (Å²) in [6.45, 7) is 17.7. The lowest BCUT2D eigenvalue weighted by atomic mass is 9.77. The molecule has 0 radical (unpaired) electrons. The van der Waals surface area contributed by atoms with E-state index in [1.807, 2.05) is 140 Å². The highest BCUT2D eigenvalue weighted by atomic mass is 79.9. The van der Waals surface area contributed by atoms with Crippen LogP contribution in [-0.2, 0) is 20.1 Å². The monoisotopic (exact) mass is 1410 g/mol. The van der Waals surface area contributed by atoms with Crippen LogP contribution < -0.4 is 5.46 Å². The van der Waals surface area contributed by atoms with Crippen molar-refractivity contribution in [1.29, 1.82) is 0 Å². The van der Waals surface area contributed by atoms with Crippen molar-refractivity contribution in [3.05, 3.63) is 330 Å². The molecule has 10 heteroatoms. The summed E-state index contributed by atoms with van der Waals surface area (Å²) in [4.78, 5) is 29.4. The second kappa shape index (κ2) is 26.1. The first-order valence-electron chi connectivity index (χ1n) is 35.6. The Bertz CT molecular complexity index is 5890. The first-order valence-corrected chi connectivity index (χ1v) is 36.4. The molecule has 19 rings (SSSR count). The van der Waals surface area contributed by atoms with Crippen LogP contribution in [0.3, 0.4) is 0 Å². The van der Waals surface area contributed by atoms with Crippen molar-refractivity contribution in [2.45, 2.75) is 77.4 Å². The summed E-state index contributed by atoms with van der Waals surface area (Å²) in [5.41, 5.74) is 19.6. The minimum atomic E-state index is -0.326. The molecule has 0 amide bonds. The van der Waals surface area contributed by atoms with E-state index in [1.54, 1.807) is 0 Å². The molecule has 502 valence electrons. The van der Waals surface area contributed by atoms with E-state index in [0.717, 1.165) is 59.5 Å². The zero-order valence-electron chi connectivity index (χ0n) is 59.3. The van der Waals surface area contributed by atoms with Gasteiger partial charge in [-0.2, -0.15) is 0 Å². The van der Waals surface area contributed by atoms with Gasteiger partial charge in [0.2, 0.25) is 0 Å². The Morgan fingerprint density at radius 3 is 1.05 bits per heavy atom. The normalized spacial score (nSPS) is 14.6. The first-order chi connectivity index (χ1) is 50.4. The Hall–Kier alpha value is -11.4. The quantitative estimate of drug-likeness (QED) is 0.139. The minimum absolute atomic E-state index is 0.0143. The van der Waals surface area contributed by atoms with Gasteiger partial charge in [-0.1, -0.05) is 298 Å². The van der Waals surface area contributed by atoms with E-state index >= 15 is 0 Å². The van der Waals surface area contributed by atoms with Crippen LogP contribution in [0, 0.1) is 0 Å². The molecular weight excluding hydrogens is 1340 g/mol. The Morgan fingerprint density at radius 1 is 0.250 bits per heavy atom. The number of rotatable bonds is 8. The van der Waals surface area contributed by atoms with Gasteiger partial charge in [-0.05, 0) is 180 Å². The summed E-state index contributed by atoms with van der Waals surface area (Å²) < 4.78 is 13.6. The van der Waals surface area contributed by atoms with Crippen LogP contribution in [0.1, 0.15) is 77.6 Å². The maximum atomic E-state index is 6.26. The van der Waals surface area contributed by atoms with Gasteiger partial charge in [0, 0.05) is 48.7 Å². The predicted molar refractivity (Wildman–Crippen MR) is 433 cm³/mol. The summed E-state index contributed by atoms with van der Waals surface area (Å²) in [5, 5.41) is 9.53. The molecule has 3 heterocycles. The van der Waals surface area contributed by atoms with E-state index in [0.29, 0.717) is 34.9 Å². The van der Waals surface area contributed by atoms with Crippen molar-refractivity contribution in [2.24, 2.45) is 0 Å². The molecule has 0 saturated carbocycles. The highest BCUT2D eigenvalue weighted by molar-refractivity contribution is 9.10. The van der Waals surface area contributed by atoms with Gasteiger partial charge in [0.1, 0.15) is 0 Å². The lowest BCUT2D eigenvalue weighted by Gasteiger charge is -2.32. The SMILES string of the molecule is Brc1ccc(-c2nc(-c3ccccc3)nc(-c3ccccc3)n2)c2ccccc12.CC1(C)c2ccccc2-c2cc3ccc(-c4ccc(-c5nc(-c6ccccc6)nc(-c6ccccc6)n5)c5ccccc45)cc3cc21.CC1(C)c2ccccc2-c2cc3ccc(B4OC(C)(C)C(C)(C)O4)cc3cc21. The van der Waals surface area contributed by atoms with Crippen molar-refractivity contribution < 1.29 is 9.31 Å². The summed E-state index contributed by atoms with van der Waals surface area (Å²) in [6.07, 6.45) is 0. The molecule has 0 N–H and O–H groups in total. The predicted octanol–water partition coefficient (Wildman–Crippen LogP) is 23.4. The van der Waals surface area contributed by atoms with E-state index in [1.165, 1.54) is 82.6 Å². The molecule has 0 atom stereocenters. The zero-order valence-corrected chi connectivity index (χ0v) is 60.9. The molecule has 0 unspecified atom stereocenters. The lowest BCUT2D eigenvalue weighted by molar-refractivity contribution is 0.00578. The number of halogens is 1. The van der Waals surface area contributed by atoms with Gasteiger partial charge in [-0.15, -0.1) is 0 Å². The molecule has 0 bridgehead atoms. The number of hydrogen-bond acceptors (Lipinski definition) is 8. The third-order valence-electron chi connectivity index (χ3n) is 21.6. The van der Waals surface area contributed by atoms with Gasteiger partial charge in [0.15, 0.2) is 34.9 Å². The molecule has 2 aromatic heterocycles. The van der Waals surface area contributed by atoms with Gasteiger partial charge in [0.25, 0.3) is 0 Å². The second-order valence-electron chi connectivity index (χ2n) is 29.3. The van der Waals surface area contributed by atoms with Gasteiger partial charge in [-0.25, -0.2) is 29.9 Å². The molecule has 2 aliphatic carbocycles. The maximum absolute atomic E-state index is 6.26. The molecule has 1 aliphatic heterocycles. The first kappa shape index (κ1) is 65.9. The maximum Gasteiger partial charge on any atom is 0.494 e. The summed E-state index contributed by atoms with van der Waals surface area (Å²) >= 11 is 3.65. The average Bonchev–Trinajstić information content (AvgIpc) is 1.56. The van der Waals surface area contributed by atoms with Crippen molar-refractivity contribution in [2.75, 3.05) is 0 Å². The van der Waals surface area contributed by atoms with Gasteiger partial charge in [0.05, 0.1) is 11.2 Å². The van der Waals surface area contributed by atoms with Gasteiger partial charge in [-0.3, -0.25) is 0 Å². The van der Waals surface area contributed by atoms with E-state index < -0.39 is 0 Å². The number of benzene rings is 14. The van der Waals surface area contributed by atoms with Gasteiger partial charge < -0.3 is 9.31 Å². The fourth-order valence-corrected chi connectivity index (χ4v) is 15.7. The van der Waals surface area contributed by atoms with E-state index in [-0.39, 0.29) is 29.2 Å². The fourth-order valence-electron chi connectivity index (χ4n) is 15.3. The number of fused-ring (bicyclic) bond motifs is 10. The Balaban J connectivity index is 0.000000122. The van der Waals surface area contributed by atoms with Crippen LogP contribution in [-0.4, -0.2) is 48.2 Å².